The van der Waals surface area contributed by atoms with Crippen LogP contribution in [0.25, 0.3) is 0 Å². The molecule has 6 N–H and O–H groups in total. The molecule has 5 atom stereocenters. The van der Waals surface area contributed by atoms with E-state index in [1.165, 1.54) is 12.1 Å². The molecule has 1 amide bonds. The van der Waals surface area contributed by atoms with Crippen LogP contribution in [0.3, 0.4) is 0 Å². The van der Waals surface area contributed by atoms with Gasteiger partial charge in [0.25, 0.3) is 0 Å². The average Bonchev–Trinajstić information content (AvgIpc) is 3.28. The van der Waals surface area contributed by atoms with Crippen molar-refractivity contribution in [3.05, 3.63) is 69.2 Å². The van der Waals surface area contributed by atoms with E-state index in [4.69, 9.17) is 28.3 Å². The minimum absolute atomic E-state index is 0.0661. The van der Waals surface area contributed by atoms with Gasteiger partial charge >= 0.3 is 0 Å². The molecule has 7 nitrogen and oxygen atoms in total. The third kappa shape index (κ3) is 6.42. The van der Waals surface area contributed by atoms with Gasteiger partial charge in [-0.1, -0.05) is 60.7 Å². The van der Waals surface area contributed by atoms with Crippen LogP contribution in [0.2, 0.25) is 10.0 Å². The Balaban J connectivity index is 1.89. The first-order chi connectivity index (χ1) is 19.6. The molecule has 0 spiro atoms. The normalized spacial score (nSPS) is 26.6. The van der Waals surface area contributed by atoms with Crippen LogP contribution < -0.4 is 16.0 Å². The Morgan fingerprint density at radius 2 is 1.88 bits per heavy atom. The van der Waals surface area contributed by atoms with Gasteiger partial charge in [0.05, 0.1) is 29.3 Å². The lowest BCUT2D eigenvalue weighted by molar-refractivity contribution is -0.123. The van der Waals surface area contributed by atoms with Gasteiger partial charge in [0.1, 0.15) is 11.6 Å². The van der Waals surface area contributed by atoms with Crippen molar-refractivity contribution >= 4 is 29.1 Å². The van der Waals surface area contributed by atoms with Crippen LogP contribution in [0.1, 0.15) is 62.0 Å². The van der Waals surface area contributed by atoms with E-state index in [0.717, 1.165) is 32.1 Å². The van der Waals surface area contributed by atoms with E-state index in [0.29, 0.717) is 6.42 Å². The Morgan fingerprint density at radius 1 is 1.15 bits per heavy atom. The minimum Gasteiger partial charge on any atom is -0.396 e. The molecule has 0 aromatic heterocycles. The number of nitrogens with one attached hydrogen (secondary N) is 3. The SMILES string of the molecule is CN[C@]1(c2ccc(Cl)cc2F)[C@H](CC2(CO)CCCCC2)N[C@@H](C(=O)NCC[C@H](O)CO)[C@@H]1c1cccc(Cl)c1F. The zero-order valence-electron chi connectivity index (χ0n) is 23.1. The highest BCUT2D eigenvalue weighted by Crippen LogP contribution is 2.53. The van der Waals surface area contributed by atoms with Crippen molar-refractivity contribution in [2.45, 2.75) is 74.6 Å². The monoisotopic (exact) mass is 613 g/mol. The fourth-order valence-electron chi connectivity index (χ4n) is 6.93. The number of carbonyl (C=O) groups is 1. The minimum atomic E-state index is -1.35. The molecule has 0 bridgehead atoms. The first kappa shape index (κ1) is 32.1. The molecule has 1 aliphatic carbocycles. The lowest BCUT2D eigenvalue weighted by atomic mass is 9.64. The van der Waals surface area contributed by atoms with Crippen molar-refractivity contribution in [3.8, 4) is 0 Å². The summed E-state index contributed by atoms with van der Waals surface area (Å²) >= 11 is 12.4. The molecule has 41 heavy (non-hydrogen) atoms. The number of aliphatic hydroxyl groups excluding tert-OH is 3. The summed E-state index contributed by atoms with van der Waals surface area (Å²) < 4.78 is 31.8. The molecule has 1 saturated heterocycles. The third-order valence-electron chi connectivity index (χ3n) is 9.02. The van der Waals surface area contributed by atoms with Crippen molar-refractivity contribution in [3.63, 3.8) is 0 Å². The molecular weight excluding hydrogens is 575 g/mol. The Morgan fingerprint density at radius 3 is 2.51 bits per heavy atom. The Kier molecular flexibility index (Phi) is 10.7. The van der Waals surface area contributed by atoms with E-state index >= 15 is 8.78 Å². The van der Waals surface area contributed by atoms with E-state index < -0.39 is 59.2 Å². The molecule has 11 heteroatoms. The molecule has 0 radical (unpaired) electrons. The first-order valence-electron chi connectivity index (χ1n) is 14.1. The molecule has 2 aromatic rings. The quantitative estimate of drug-likeness (QED) is 0.228. The van der Waals surface area contributed by atoms with Crippen LogP contribution in [0.15, 0.2) is 36.4 Å². The summed E-state index contributed by atoms with van der Waals surface area (Å²) in [4.78, 5) is 13.8. The van der Waals surface area contributed by atoms with Crippen LogP contribution in [0.4, 0.5) is 8.78 Å². The zero-order chi connectivity index (χ0) is 29.8. The van der Waals surface area contributed by atoms with E-state index in [2.05, 4.69) is 16.0 Å². The second-order valence-corrected chi connectivity index (χ2v) is 12.2. The third-order valence-corrected chi connectivity index (χ3v) is 9.55. The molecule has 1 heterocycles. The largest absolute Gasteiger partial charge is 0.396 e. The van der Waals surface area contributed by atoms with Crippen LogP contribution in [-0.4, -0.2) is 66.2 Å². The summed E-state index contributed by atoms with van der Waals surface area (Å²) in [6.07, 6.45) is 4.01. The van der Waals surface area contributed by atoms with Crippen LogP contribution in [0, 0.1) is 17.0 Å². The van der Waals surface area contributed by atoms with Crippen LogP contribution in [-0.2, 0) is 10.3 Å². The lowest BCUT2D eigenvalue weighted by Gasteiger charge is -2.45. The molecule has 2 aliphatic rings. The van der Waals surface area contributed by atoms with Crippen LogP contribution >= 0.6 is 23.2 Å². The predicted octanol–water partition coefficient (Wildman–Crippen LogP) is 4.00. The van der Waals surface area contributed by atoms with Crippen molar-refractivity contribution in [1.29, 1.82) is 0 Å². The number of carbonyl (C=O) groups excluding carboxylic acids is 1. The fourth-order valence-corrected chi connectivity index (χ4v) is 7.27. The zero-order valence-corrected chi connectivity index (χ0v) is 24.6. The van der Waals surface area contributed by atoms with Gasteiger partial charge in [-0.2, -0.15) is 0 Å². The van der Waals surface area contributed by atoms with E-state index in [9.17, 15) is 15.0 Å². The molecule has 2 aromatic carbocycles. The van der Waals surface area contributed by atoms with E-state index in [1.807, 2.05) is 0 Å². The lowest BCUT2D eigenvalue weighted by Crippen LogP contribution is -2.55. The maximum atomic E-state index is 15.9. The number of hydrogen-bond acceptors (Lipinski definition) is 6. The van der Waals surface area contributed by atoms with Crippen molar-refractivity contribution in [2.75, 3.05) is 26.8 Å². The number of likely N-dealkylation sites (N-methyl/N-ethyl adjacent to an activating group) is 1. The van der Waals surface area contributed by atoms with Gasteiger partial charge in [0.2, 0.25) is 5.91 Å². The van der Waals surface area contributed by atoms with Crippen molar-refractivity contribution < 1.29 is 28.9 Å². The van der Waals surface area contributed by atoms with Crippen LogP contribution in [0.5, 0.6) is 0 Å². The summed E-state index contributed by atoms with van der Waals surface area (Å²) in [6.45, 7) is -0.450. The van der Waals surface area contributed by atoms with Gasteiger partial charge in [0.15, 0.2) is 0 Å². The van der Waals surface area contributed by atoms with Gasteiger partial charge in [0, 0.05) is 35.7 Å². The summed E-state index contributed by atoms with van der Waals surface area (Å²) in [6, 6.07) is 7.22. The Hall–Kier alpha value is -1.85. The van der Waals surface area contributed by atoms with E-state index in [-0.39, 0.29) is 40.7 Å². The molecule has 226 valence electrons. The number of amides is 1. The Bertz CT molecular complexity index is 1220. The smallest absolute Gasteiger partial charge is 0.237 e. The average molecular weight is 615 g/mol. The number of halogens is 4. The van der Waals surface area contributed by atoms with E-state index in [1.54, 1.807) is 31.3 Å². The summed E-state index contributed by atoms with van der Waals surface area (Å²) in [5.74, 6) is -2.77. The molecule has 1 aliphatic heterocycles. The maximum absolute atomic E-state index is 15.9. The maximum Gasteiger partial charge on any atom is 0.237 e. The van der Waals surface area contributed by atoms with Gasteiger partial charge in [-0.25, -0.2) is 8.78 Å². The van der Waals surface area contributed by atoms with Crippen molar-refractivity contribution in [2.24, 2.45) is 5.41 Å². The van der Waals surface area contributed by atoms with Gasteiger partial charge in [-0.3, -0.25) is 4.79 Å². The fraction of sp³-hybridized carbons (Fsp3) is 0.567. The molecule has 2 fully saturated rings. The van der Waals surface area contributed by atoms with Crippen molar-refractivity contribution in [1.82, 2.24) is 16.0 Å². The first-order valence-corrected chi connectivity index (χ1v) is 14.9. The summed E-state index contributed by atoms with van der Waals surface area (Å²) in [7, 11) is 1.66. The number of rotatable bonds is 11. The molecule has 1 saturated carbocycles. The second kappa shape index (κ2) is 13.6. The highest BCUT2D eigenvalue weighted by Gasteiger charge is 2.60. The topological polar surface area (TPSA) is 114 Å². The van der Waals surface area contributed by atoms with Gasteiger partial charge < -0.3 is 31.3 Å². The standard InChI is InChI=1S/C30H39Cl2F2N3O4/c1-35-30(21-9-8-18(31)14-23(21)33)24(15-29(17-39)11-3-2-4-12-29)37-27(28(41)36-13-10-19(40)16-38)25(30)20-6-5-7-22(32)26(20)34/h5-9,14,19,24-25,27,35,37-40H,2-4,10-13,15-17H2,1H3,(H,36,41)/t19-,24-,25-,27+,30+/m0/s1. The summed E-state index contributed by atoms with van der Waals surface area (Å²) in [5, 5.41) is 39.1. The molecular formula is C30H39Cl2F2N3O4. The highest BCUT2D eigenvalue weighted by molar-refractivity contribution is 6.31. The number of aliphatic hydroxyl groups is 3. The molecule has 4 rings (SSSR count). The molecule has 0 unspecified atom stereocenters. The number of hydrogen-bond donors (Lipinski definition) is 6. The van der Waals surface area contributed by atoms with Gasteiger partial charge in [-0.15, -0.1) is 0 Å². The highest BCUT2D eigenvalue weighted by atomic mass is 35.5. The predicted molar refractivity (Wildman–Crippen MR) is 155 cm³/mol. The summed E-state index contributed by atoms with van der Waals surface area (Å²) in [5.41, 5.74) is -1.48. The number of benzene rings is 2. The Labute approximate surface area is 249 Å². The van der Waals surface area contributed by atoms with Gasteiger partial charge in [-0.05, 0) is 61.9 Å². The second-order valence-electron chi connectivity index (χ2n) is 11.4.